The number of carbonyl (C=O) groups is 1. The molecule has 1 aromatic rings. The van der Waals surface area contributed by atoms with Crippen molar-refractivity contribution in [2.45, 2.75) is 59.2 Å². The molecule has 0 spiro atoms. The van der Waals surface area contributed by atoms with E-state index in [0.717, 1.165) is 30.8 Å². The van der Waals surface area contributed by atoms with Gasteiger partial charge in [0.2, 0.25) is 5.91 Å². The lowest BCUT2D eigenvalue weighted by Gasteiger charge is -2.31. The van der Waals surface area contributed by atoms with Gasteiger partial charge in [0.1, 0.15) is 0 Å². The second kappa shape index (κ2) is 7.46. The van der Waals surface area contributed by atoms with Crippen LogP contribution in [0.25, 0.3) is 0 Å². The first-order chi connectivity index (χ1) is 9.79. The van der Waals surface area contributed by atoms with E-state index in [0.29, 0.717) is 0 Å². The maximum Gasteiger partial charge on any atom is 0.237 e. The fraction of sp³-hybridized carbons (Fsp3) is 0.588. The lowest BCUT2D eigenvalue weighted by Crippen LogP contribution is -2.51. The normalized spacial score (nSPS) is 13.2. The highest BCUT2D eigenvalue weighted by atomic mass is 16.2. The van der Waals surface area contributed by atoms with Gasteiger partial charge in [0, 0.05) is 17.8 Å². The predicted octanol–water partition coefficient (Wildman–Crippen LogP) is 2.78. The largest absolute Gasteiger partial charge is 0.399 e. The minimum absolute atomic E-state index is 0.0765. The van der Waals surface area contributed by atoms with Crippen LogP contribution in [0.4, 0.5) is 5.69 Å². The summed E-state index contributed by atoms with van der Waals surface area (Å²) in [4.78, 5) is 14.5. The third-order valence-electron chi connectivity index (χ3n) is 4.02. The predicted molar refractivity (Wildman–Crippen MR) is 88.9 cm³/mol. The standard InChI is InChI=1S/C17H29N3O/c1-6-17(4,5)19-16(21)13(3)20(7-2)12-14-9-8-10-15(18)11-14/h8-11,13H,6-7,12,18H2,1-5H3,(H,19,21). The molecule has 0 aliphatic carbocycles. The summed E-state index contributed by atoms with van der Waals surface area (Å²) in [5.41, 5.74) is 7.54. The molecule has 1 amide bonds. The molecule has 4 heteroatoms. The number of nitrogen functional groups attached to an aromatic ring is 1. The van der Waals surface area contributed by atoms with Crippen LogP contribution in [-0.2, 0) is 11.3 Å². The zero-order valence-electron chi connectivity index (χ0n) is 13.9. The van der Waals surface area contributed by atoms with E-state index in [2.05, 4.69) is 24.1 Å². The van der Waals surface area contributed by atoms with Gasteiger partial charge in [-0.2, -0.15) is 0 Å². The van der Waals surface area contributed by atoms with Crippen molar-refractivity contribution in [1.82, 2.24) is 10.2 Å². The SMILES string of the molecule is CCN(Cc1cccc(N)c1)C(C)C(=O)NC(C)(C)CC. The number of carbonyl (C=O) groups excluding carboxylic acids is 1. The second-order valence-electron chi connectivity index (χ2n) is 6.21. The first-order valence-corrected chi connectivity index (χ1v) is 7.69. The lowest BCUT2D eigenvalue weighted by atomic mass is 10.0. The highest BCUT2D eigenvalue weighted by Gasteiger charge is 2.25. The third kappa shape index (κ3) is 5.38. The topological polar surface area (TPSA) is 58.4 Å². The van der Waals surface area contributed by atoms with E-state index in [9.17, 15) is 4.79 Å². The van der Waals surface area contributed by atoms with Gasteiger partial charge >= 0.3 is 0 Å². The maximum absolute atomic E-state index is 12.4. The van der Waals surface area contributed by atoms with Gasteiger partial charge in [-0.1, -0.05) is 26.0 Å². The van der Waals surface area contributed by atoms with Crippen LogP contribution in [0.5, 0.6) is 0 Å². The van der Waals surface area contributed by atoms with Gasteiger partial charge in [-0.25, -0.2) is 0 Å². The molecule has 0 aliphatic rings. The Kier molecular flexibility index (Phi) is 6.21. The first-order valence-electron chi connectivity index (χ1n) is 7.69. The van der Waals surface area contributed by atoms with Crippen molar-refractivity contribution in [3.63, 3.8) is 0 Å². The van der Waals surface area contributed by atoms with Crippen LogP contribution in [0.15, 0.2) is 24.3 Å². The van der Waals surface area contributed by atoms with Crippen molar-refractivity contribution in [3.05, 3.63) is 29.8 Å². The molecule has 3 N–H and O–H groups in total. The van der Waals surface area contributed by atoms with Crippen LogP contribution >= 0.6 is 0 Å². The van der Waals surface area contributed by atoms with E-state index >= 15 is 0 Å². The van der Waals surface area contributed by atoms with E-state index in [1.807, 2.05) is 45.0 Å². The minimum atomic E-state index is -0.165. The number of likely N-dealkylation sites (N-methyl/N-ethyl adjacent to an activating group) is 1. The molecule has 1 aromatic carbocycles. The minimum Gasteiger partial charge on any atom is -0.399 e. The van der Waals surface area contributed by atoms with E-state index in [1.165, 1.54) is 0 Å². The smallest absolute Gasteiger partial charge is 0.237 e. The Hall–Kier alpha value is -1.55. The van der Waals surface area contributed by atoms with Crippen LogP contribution < -0.4 is 11.1 Å². The van der Waals surface area contributed by atoms with Crippen molar-refractivity contribution in [2.24, 2.45) is 0 Å². The molecule has 1 rings (SSSR count). The van der Waals surface area contributed by atoms with Crippen molar-refractivity contribution in [2.75, 3.05) is 12.3 Å². The maximum atomic E-state index is 12.4. The highest BCUT2D eigenvalue weighted by Crippen LogP contribution is 2.13. The Labute approximate surface area is 128 Å². The summed E-state index contributed by atoms with van der Waals surface area (Å²) in [5, 5.41) is 3.11. The Morgan fingerprint density at radius 2 is 2.05 bits per heavy atom. The summed E-state index contributed by atoms with van der Waals surface area (Å²) >= 11 is 0. The number of nitrogens with one attached hydrogen (secondary N) is 1. The molecule has 0 saturated carbocycles. The number of benzene rings is 1. The molecular formula is C17H29N3O. The molecule has 4 nitrogen and oxygen atoms in total. The number of nitrogens with two attached hydrogens (primary N) is 1. The van der Waals surface area contributed by atoms with Gasteiger partial charge in [0.05, 0.1) is 6.04 Å². The van der Waals surface area contributed by atoms with Crippen LogP contribution in [0.1, 0.15) is 46.6 Å². The van der Waals surface area contributed by atoms with E-state index in [1.54, 1.807) is 0 Å². The highest BCUT2D eigenvalue weighted by molar-refractivity contribution is 5.82. The van der Waals surface area contributed by atoms with Crippen LogP contribution in [0.3, 0.4) is 0 Å². The summed E-state index contributed by atoms with van der Waals surface area (Å²) in [5.74, 6) is 0.0765. The van der Waals surface area contributed by atoms with Gasteiger partial charge in [-0.05, 0) is 51.4 Å². The number of nitrogens with zero attached hydrogens (tertiary/aromatic N) is 1. The fourth-order valence-corrected chi connectivity index (χ4v) is 2.14. The zero-order valence-corrected chi connectivity index (χ0v) is 13.9. The number of anilines is 1. The Balaban J connectivity index is 2.73. The van der Waals surface area contributed by atoms with Crippen molar-refractivity contribution in [3.8, 4) is 0 Å². The Morgan fingerprint density at radius 3 is 2.57 bits per heavy atom. The summed E-state index contributed by atoms with van der Waals surface area (Å²) in [6, 6.07) is 7.66. The average molecular weight is 291 g/mol. The van der Waals surface area contributed by atoms with Crippen molar-refractivity contribution < 1.29 is 4.79 Å². The van der Waals surface area contributed by atoms with E-state index in [4.69, 9.17) is 5.73 Å². The molecule has 0 radical (unpaired) electrons. The van der Waals surface area contributed by atoms with Gasteiger partial charge in [-0.15, -0.1) is 0 Å². The lowest BCUT2D eigenvalue weighted by molar-refractivity contribution is -0.127. The summed E-state index contributed by atoms with van der Waals surface area (Å²) in [6.45, 7) is 11.7. The Morgan fingerprint density at radius 1 is 1.38 bits per heavy atom. The van der Waals surface area contributed by atoms with Crippen molar-refractivity contribution >= 4 is 11.6 Å². The van der Waals surface area contributed by atoms with Crippen LogP contribution in [0, 0.1) is 0 Å². The first kappa shape index (κ1) is 17.5. The summed E-state index contributed by atoms with van der Waals surface area (Å²) in [7, 11) is 0. The average Bonchev–Trinajstić information content (AvgIpc) is 2.43. The monoisotopic (exact) mass is 291 g/mol. The molecule has 0 aromatic heterocycles. The number of hydrogen-bond donors (Lipinski definition) is 2. The third-order valence-corrected chi connectivity index (χ3v) is 4.02. The molecule has 0 saturated heterocycles. The molecule has 0 heterocycles. The van der Waals surface area contributed by atoms with E-state index in [-0.39, 0.29) is 17.5 Å². The number of rotatable bonds is 7. The van der Waals surface area contributed by atoms with Gasteiger partial charge in [-0.3, -0.25) is 9.69 Å². The molecule has 21 heavy (non-hydrogen) atoms. The molecule has 0 aliphatic heterocycles. The second-order valence-corrected chi connectivity index (χ2v) is 6.21. The molecule has 0 fully saturated rings. The molecule has 118 valence electrons. The molecule has 1 atom stereocenters. The van der Waals surface area contributed by atoms with Crippen LogP contribution in [-0.4, -0.2) is 28.9 Å². The molecule has 0 bridgehead atoms. The fourth-order valence-electron chi connectivity index (χ4n) is 2.14. The summed E-state index contributed by atoms with van der Waals surface area (Å²) < 4.78 is 0. The molecule has 1 unspecified atom stereocenters. The number of amides is 1. The van der Waals surface area contributed by atoms with Crippen molar-refractivity contribution in [1.29, 1.82) is 0 Å². The number of hydrogen-bond acceptors (Lipinski definition) is 3. The van der Waals surface area contributed by atoms with Crippen LogP contribution in [0.2, 0.25) is 0 Å². The Bertz CT molecular complexity index is 471. The van der Waals surface area contributed by atoms with Gasteiger partial charge in [0.15, 0.2) is 0 Å². The van der Waals surface area contributed by atoms with Gasteiger partial charge < -0.3 is 11.1 Å². The quantitative estimate of drug-likeness (QED) is 0.759. The zero-order chi connectivity index (χ0) is 16.0. The van der Waals surface area contributed by atoms with Gasteiger partial charge in [0.25, 0.3) is 0 Å². The summed E-state index contributed by atoms with van der Waals surface area (Å²) in [6.07, 6.45) is 0.910. The molecular weight excluding hydrogens is 262 g/mol. The van der Waals surface area contributed by atoms with E-state index < -0.39 is 0 Å².